The third-order valence-corrected chi connectivity index (χ3v) is 11.3. The molecular formula is C27H27N5O18S5. The Balaban J connectivity index is 1.91. The molecule has 0 saturated heterocycles. The molecule has 7 N–H and O–H groups in total. The predicted octanol–water partition coefficient (Wildman–Crippen LogP) is 5.98. The molecule has 0 aliphatic carbocycles. The topological polar surface area (TPSA) is 344 Å². The molecule has 0 amide bonds. The molecule has 0 atom stereocenters. The number of aromatic hydroxyl groups is 1. The highest BCUT2D eigenvalue weighted by Crippen LogP contribution is 2.49. The van der Waals surface area contributed by atoms with E-state index in [1.54, 1.807) is 19.1 Å². The molecule has 298 valence electrons. The van der Waals surface area contributed by atoms with Gasteiger partial charge >= 0.3 is 10.4 Å². The fourth-order valence-electron chi connectivity index (χ4n) is 4.60. The van der Waals surface area contributed by atoms with E-state index in [1.165, 1.54) is 6.07 Å². The van der Waals surface area contributed by atoms with E-state index in [0.29, 0.717) is 12.0 Å². The Bertz CT molecular complexity index is 2480. The second-order valence-corrected chi connectivity index (χ2v) is 16.4. The fraction of sp³-hybridized carbons (Fsp3) is 0.185. The highest BCUT2D eigenvalue weighted by Gasteiger charge is 2.27. The first-order valence-electron chi connectivity index (χ1n) is 14.3. The van der Waals surface area contributed by atoms with Crippen molar-refractivity contribution in [1.82, 2.24) is 0 Å². The largest absolute Gasteiger partial charge is 0.505 e. The number of nitrogens with two attached hydrogens (primary N) is 1. The number of azo groups is 2. The minimum absolute atomic E-state index is 0.127. The summed E-state index contributed by atoms with van der Waals surface area (Å²) in [5.41, 5.74) is 5.33. The average molecular weight is 870 g/mol. The number of hydrogen-bond donors (Lipinski definition) is 6. The molecule has 0 aliphatic heterocycles. The third-order valence-electron chi connectivity index (χ3n) is 6.91. The van der Waals surface area contributed by atoms with Crippen LogP contribution in [0.25, 0.3) is 10.8 Å². The SMILES string of the molecule is COc1cc(S(=O)(=O)CCOS(=O)(=O)O)c(OC)cc1N=Nc1c(SOOO)cc2c(S(=O)(=O)O)c(N)c(N=Nc3ccc(C)cc3SOOO)cc2c1O. The van der Waals surface area contributed by atoms with E-state index in [-0.39, 0.29) is 55.8 Å². The van der Waals surface area contributed by atoms with Gasteiger partial charge in [-0.1, -0.05) is 16.1 Å². The quantitative estimate of drug-likeness (QED) is 0.0167. The first-order valence-corrected chi connectivity index (χ1v) is 20.2. The van der Waals surface area contributed by atoms with Gasteiger partial charge in [-0.15, -0.1) is 29.1 Å². The molecule has 0 fully saturated rings. The predicted molar refractivity (Wildman–Crippen MR) is 190 cm³/mol. The summed E-state index contributed by atoms with van der Waals surface area (Å²) in [6, 6.07) is 8.87. The number of ether oxygens (including phenoxy) is 2. The summed E-state index contributed by atoms with van der Waals surface area (Å²) >= 11 is 0.754. The van der Waals surface area contributed by atoms with Crippen molar-refractivity contribution in [3.8, 4) is 17.2 Å². The molecule has 55 heavy (non-hydrogen) atoms. The highest BCUT2D eigenvalue weighted by atomic mass is 32.3. The zero-order valence-corrected chi connectivity index (χ0v) is 32.0. The molecular weight excluding hydrogens is 843 g/mol. The second kappa shape index (κ2) is 18.1. The van der Waals surface area contributed by atoms with E-state index in [0.717, 1.165) is 44.0 Å². The molecule has 23 nitrogen and oxygen atoms in total. The van der Waals surface area contributed by atoms with E-state index in [4.69, 9.17) is 30.3 Å². The maximum atomic E-state index is 13.0. The molecule has 0 radical (unpaired) electrons. The van der Waals surface area contributed by atoms with Crippen molar-refractivity contribution < 1.29 is 82.4 Å². The molecule has 0 saturated carbocycles. The number of phenolic OH excluding ortho intramolecular Hbond substituents is 1. The Morgan fingerprint density at radius 1 is 0.745 bits per heavy atom. The summed E-state index contributed by atoms with van der Waals surface area (Å²) < 4.78 is 116. The molecule has 4 aromatic carbocycles. The zero-order valence-electron chi connectivity index (χ0n) is 27.9. The third kappa shape index (κ3) is 10.7. The van der Waals surface area contributed by atoms with E-state index in [9.17, 15) is 34.9 Å². The number of aryl methyl sites for hydroxylation is 1. The second-order valence-electron chi connectivity index (χ2n) is 10.3. The Hall–Kier alpha value is -4.27. The summed E-state index contributed by atoms with van der Waals surface area (Å²) in [7, 11) is -12.2. The van der Waals surface area contributed by atoms with E-state index < -0.39 is 75.0 Å². The van der Waals surface area contributed by atoms with Gasteiger partial charge in [0.2, 0.25) is 0 Å². The van der Waals surface area contributed by atoms with Crippen LogP contribution in [0.15, 0.2) is 82.5 Å². The van der Waals surface area contributed by atoms with Crippen LogP contribution in [0.1, 0.15) is 5.56 Å². The van der Waals surface area contributed by atoms with Crippen LogP contribution in [0.4, 0.5) is 28.4 Å². The minimum atomic E-state index is -5.18. The van der Waals surface area contributed by atoms with Gasteiger partial charge in [-0.3, -0.25) is 9.11 Å². The maximum Gasteiger partial charge on any atom is 0.397 e. The number of sulfone groups is 1. The molecule has 0 bridgehead atoms. The van der Waals surface area contributed by atoms with Crippen LogP contribution in [-0.2, 0) is 53.3 Å². The number of hydrogen-bond acceptors (Lipinski definition) is 23. The molecule has 0 aromatic heterocycles. The van der Waals surface area contributed by atoms with Crippen molar-refractivity contribution in [1.29, 1.82) is 0 Å². The smallest absolute Gasteiger partial charge is 0.397 e. The van der Waals surface area contributed by atoms with Gasteiger partial charge in [-0.2, -0.15) is 16.8 Å². The van der Waals surface area contributed by atoms with Gasteiger partial charge in [0.1, 0.15) is 44.0 Å². The van der Waals surface area contributed by atoms with Gasteiger partial charge in [0.05, 0.1) is 66.1 Å². The van der Waals surface area contributed by atoms with E-state index in [1.807, 2.05) is 0 Å². The van der Waals surface area contributed by atoms with Crippen molar-refractivity contribution in [2.24, 2.45) is 20.5 Å². The van der Waals surface area contributed by atoms with Gasteiger partial charge in [0.15, 0.2) is 15.6 Å². The normalized spacial score (nSPS) is 12.6. The Morgan fingerprint density at radius 2 is 1.36 bits per heavy atom. The van der Waals surface area contributed by atoms with E-state index >= 15 is 0 Å². The number of rotatable bonds is 18. The van der Waals surface area contributed by atoms with Crippen LogP contribution in [0, 0.1) is 6.92 Å². The van der Waals surface area contributed by atoms with Crippen molar-refractivity contribution in [3.05, 3.63) is 48.0 Å². The zero-order chi connectivity index (χ0) is 40.7. The van der Waals surface area contributed by atoms with E-state index in [2.05, 4.69) is 43.4 Å². The maximum absolute atomic E-state index is 13.0. The fourth-order valence-corrected chi connectivity index (χ4v) is 8.10. The lowest BCUT2D eigenvalue weighted by Crippen LogP contribution is -2.16. The standard InChI is InChI=1S/C27H27N5O18S5/c1-13-4-5-16(21(8-13)51-49-47-34)29-31-18-9-14-15(27(24(18)28)54(38,39)40)10-22(52-50-48-35)25(26(14)33)32-30-17-11-20(45-3)23(12-19(17)44-2)53(36,37)7-6-46-55(41,42)43/h4-5,8-12,33-35H,6-7,28H2,1-3H3,(H,38,39,40)(H,41,42,43). The molecule has 0 spiro atoms. The van der Waals surface area contributed by atoms with Crippen LogP contribution < -0.4 is 15.2 Å². The van der Waals surface area contributed by atoms with Crippen LogP contribution in [0.3, 0.4) is 0 Å². The summed E-state index contributed by atoms with van der Waals surface area (Å²) in [6.45, 7) is 0.805. The van der Waals surface area contributed by atoms with Gasteiger partial charge < -0.3 is 20.3 Å². The number of phenols is 1. The number of nitrogens with zero attached hydrogens (tertiary/aromatic N) is 4. The lowest BCUT2D eigenvalue weighted by atomic mass is 10.1. The first-order chi connectivity index (χ1) is 25.8. The van der Waals surface area contributed by atoms with Crippen molar-refractivity contribution in [3.63, 3.8) is 0 Å². The molecule has 28 heteroatoms. The summed E-state index contributed by atoms with van der Waals surface area (Å²) in [6.07, 6.45) is 0. The molecule has 4 rings (SSSR count). The number of methoxy groups -OCH3 is 2. The summed E-state index contributed by atoms with van der Waals surface area (Å²) in [5, 5.41) is 51.5. The number of nitrogen functional groups attached to an aromatic ring is 1. The summed E-state index contributed by atoms with van der Waals surface area (Å²) in [5.74, 6) is -2.31. The van der Waals surface area contributed by atoms with Crippen molar-refractivity contribution >= 4 is 93.6 Å². The first kappa shape index (κ1) is 43.5. The Labute approximate surface area is 319 Å². The molecule has 0 aliphatic rings. The molecule has 4 aromatic rings. The van der Waals surface area contributed by atoms with Crippen LogP contribution >= 0.6 is 24.1 Å². The van der Waals surface area contributed by atoms with Gasteiger partial charge in [0, 0.05) is 22.9 Å². The van der Waals surface area contributed by atoms with Crippen molar-refractivity contribution in [2.75, 3.05) is 32.3 Å². The van der Waals surface area contributed by atoms with Crippen LogP contribution in [-0.4, -0.2) is 76.6 Å². The van der Waals surface area contributed by atoms with Crippen LogP contribution in [0.2, 0.25) is 0 Å². The van der Waals surface area contributed by atoms with Gasteiger partial charge in [-0.25, -0.2) is 23.1 Å². The van der Waals surface area contributed by atoms with Crippen LogP contribution in [0.5, 0.6) is 17.2 Å². The molecule has 0 heterocycles. The Morgan fingerprint density at radius 3 is 1.96 bits per heavy atom. The average Bonchev–Trinajstić information content (AvgIpc) is 3.10. The highest BCUT2D eigenvalue weighted by molar-refractivity contribution is 7.95. The van der Waals surface area contributed by atoms with Crippen molar-refractivity contribution in [2.45, 2.75) is 26.5 Å². The Kier molecular flexibility index (Phi) is 14.3. The lowest BCUT2D eigenvalue weighted by molar-refractivity contribution is -0.432. The number of benzene rings is 4. The summed E-state index contributed by atoms with van der Waals surface area (Å²) in [4.78, 5) is -1.43. The van der Waals surface area contributed by atoms with Gasteiger partial charge in [-0.05, 0) is 36.8 Å². The number of anilines is 1. The lowest BCUT2D eigenvalue weighted by Gasteiger charge is -2.15. The number of fused-ring (bicyclic) bond motifs is 1. The monoisotopic (exact) mass is 869 g/mol. The molecule has 0 unspecified atom stereocenters. The van der Waals surface area contributed by atoms with Gasteiger partial charge in [0.25, 0.3) is 10.1 Å². The minimum Gasteiger partial charge on any atom is -0.505 e.